The van der Waals surface area contributed by atoms with E-state index in [1.54, 1.807) is 18.2 Å². The highest BCUT2D eigenvalue weighted by Crippen LogP contribution is 2.31. The first-order valence-corrected chi connectivity index (χ1v) is 11.6. The van der Waals surface area contributed by atoms with E-state index in [0.717, 1.165) is 11.3 Å². The fraction of sp³-hybridized carbons (Fsp3) is 0.318. The number of benzene rings is 2. The smallest absolute Gasteiger partial charge is 0.234 e. The van der Waals surface area contributed by atoms with E-state index >= 15 is 0 Å². The minimum Gasteiger partial charge on any atom is -0.481 e. The number of hydrogen-bond acceptors (Lipinski definition) is 5. The van der Waals surface area contributed by atoms with E-state index in [9.17, 15) is 4.79 Å². The molecule has 31 heavy (non-hydrogen) atoms. The number of anilines is 1. The van der Waals surface area contributed by atoms with E-state index < -0.39 is 0 Å². The van der Waals surface area contributed by atoms with Crippen LogP contribution in [0.2, 0.25) is 10.0 Å². The summed E-state index contributed by atoms with van der Waals surface area (Å²) in [6.07, 6.45) is -0.384. The van der Waals surface area contributed by atoms with Crippen LogP contribution in [0.4, 0.5) is 5.69 Å². The van der Waals surface area contributed by atoms with Gasteiger partial charge in [-0.15, -0.1) is 10.2 Å². The van der Waals surface area contributed by atoms with Gasteiger partial charge in [-0.05, 0) is 69.2 Å². The number of amides is 1. The van der Waals surface area contributed by atoms with Crippen molar-refractivity contribution in [3.63, 3.8) is 0 Å². The van der Waals surface area contributed by atoms with E-state index in [1.807, 2.05) is 50.5 Å². The average molecular weight is 479 g/mol. The number of rotatable bonds is 8. The molecule has 3 aromatic rings. The van der Waals surface area contributed by atoms with Crippen molar-refractivity contribution in [2.75, 3.05) is 11.1 Å². The Bertz CT molecular complexity index is 1090. The Morgan fingerprint density at radius 2 is 1.94 bits per heavy atom. The number of nitrogens with zero attached hydrogens (tertiary/aromatic N) is 3. The van der Waals surface area contributed by atoms with Gasteiger partial charge in [-0.1, -0.05) is 41.0 Å². The Morgan fingerprint density at radius 1 is 1.16 bits per heavy atom. The lowest BCUT2D eigenvalue weighted by molar-refractivity contribution is -0.113. The van der Waals surface area contributed by atoms with Crippen molar-refractivity contribution >= 4 is 46.6 Å². The number of thioether (sulfide) groups is 1. The van der Waals surface area contributed by atoms with Gasteiger partial charge in [0, 0.05) is 17.3 Å². The van der Waals surface area contributed by atoms with Gasteiger partial charge in [0.25, 0.3) is 0 Å². The molecule has 0 saturated carbocycles. The third kappa shape index (κ3) is 5.93. The van der Waals surface area contributed by atoms with Crippen molar-refractivity contribution in [2.45, 2.75) is 45.5 Å². The SMILES string of the molecule is CCn1c(SCC(=O)Nc2ccc(C)c(C)c2)nnc1C(C)Oc1ccc(Cl)cc1Cl. The quantitative estimate of drug-likeness (QED) is 0.396. The zero-order chi connectivity index (χ0) is 22.5. The van der Waals surface area contributed by atoms with Gasteiger partial charge < -0.3 is 14.6 Å². The maximum Gasteiger partial charge on any atom is 0.234 e. The number of halogens is 2. The molecule has 1 aromatic heterocycles. The van der Waals surface area contributed by atoms with Crippen molar-refractivity contribution in [1.82, 2.24) is 14.8 Å². The minimum atomic E-state index is -0.384. The number of nitrogens with one attached hydrogen (secondary N) is 1. The first kappa shape index (κ1) is 23.4. The molecule has 0 spiro atoms. The minimum absolute atomic E-state index is 0.0994. The first-order chi connectivity index (χ1) is 14.8. The standard InChI is InChI=1S/C22H24Cl2N4O2S/c1-5-28-21(15(4)30-19-9-7-16(23)11-18(19)24)26-27-22(28)31-12-20(29)25-17-8-6-13(2)14(3)10-17/h6-11,15H,5,12H2,1-4H3,(H,25,29). The van der Waals surface area contributed by atoms with Crippen LogP contribution >= 0.6 is 35.0 Å². The molecule has 1 atom stereocenters. The highest BCUT2D eigenvalue weighted by Gasteiger charge is 2.20. The molecule has 0 aliphatic heterocycles. The molecule has 0 aliphatic carbocycles. The monoisotopic (exact) mass is 478 g/mol. The number of ether oxygens (including phenoxy) is 1. The largest absolute Gasteiger partial charge is 0.481 e. The van der Waals surface area contributed by atoms with Crippen LogP contribution < -0.4 is 10.1 Å². The van der Waals surface area contributed by atoms with Gasteiger partial charge in [-0.3, -0.25) is 4.79 Å². The van der Waals surface area contributed by atoms with Gasteiger partial charge in [0.15, 0.2) is 17.1 Å². The summed E-state index contributed by atoms with van der Waals surface area (Å²) in [5.74, 6) is 1.30. The third-order valence-corrected chi connectivity index (χ3v) is 6.24. The Kier molecular flexibility index (Phi) is 7.86. The van der Waals surface area contributed by atoms with E-state index in [-0.39, 0.29) is 17.8 Å². The number of aromatic nitrogens is 3. The lowest BCUT2D eigenvalue weighted by atomic mass is 10.1. The summed E-state index contributed by atoms with van der Waals surface area (Å²) in [6, 6.07) is 10.9. The summed E-state index contributed by atoms with van der Waals surface area (Å²) in [7, 11) is 0. The Hall–Kier alpha value is -2.22. The highest BCUT2D eigenvalue weighted by atomic mass is 35.5. The Morgan fingerprint density at radius 3 is 2.61 bits per heavy atom. The van der Waals surface area contributed by atoms with E-state index in [2.05, 4.69) is 15.5 Å². The van der Waals surface area contributed by atoms with Gasteiger partial charge >= 0.3 is 0 Å². The molecular weight excluding hydrogens is 455 g/mol. The van der Waals surface area contributed by atoms with Crippen molar-refractivity contribution < 1.29 is 9.53 Å². The molecule has 1 unspecified atom stereocenters. The number of carbonyl (C=O) groups excluding carboxylic acids is 1. The molecule has 0 bridgehead atoms. The van der Waals surface area contributed by atoms with Crippen molar-refractivity contribution in [3.05, 3.63) is 63.4 Å². The first-order valence-electron chi connectivity index (χ1n) is 9.83. The number of carbonyl (C=O) groups is 1. The Balaban J connectivity index is 1.65. The highest BCUT2D eigenvalue weighted by molar-refractivity contribution is 7.99. The molecule has 1 heterocycles. The normalized spacial score (nSPS) is 11.9. The molecule has 0 saturated heterocycles. The summed E-state index contributed by atoms with van der Waals surface area (Å²) in [6.45, 7) is 8.57. The molecule has 0 radical (unpaired) electrons. The van der Waals surface area contributed by atoms with Crippen molar-refractivity contribution in [2.24, 2.45) is 0 Å². The molecule has 0 fully saturated rings. The maximum atomic E-state index is 12.4. The average Bonchev–Trinajstić information content (AvgIpc) is 3.14. The summed E-state index contributed by atoms with van der Waals surface area (Å²) >= 11 is 13.5. The van der Waals surface area contributed by atoms with Crippen LogP contribution in [-0.2, 0) is 11.3 Å². The molecule has 164 valence electrons. The predicted octanol–water partition coefficient (Wildman–Crippen LogP) is 6.09. The molecule has 1 amide bonds. The summed E-state index contributed by atoms with van der Waals surface area (Å²) in [5.41, 5.74) is 3.11. The molecule has 6 nitrogen and oxygen atoms in total. The predicted molar refractivity (Wildman–Crippen MR) is 126 cm³/mol. The fourth-order valence-electron chi connectivity index (χ4n) is 2.97. The molecule has 2 aromatic carbocycles. The summed E-state index contributed by atoms with van der Waals surface area (Å²) < 4.78 is 7.90. The molecule has 9 heteroatoms. The lowest BCUT2D eigenvalue weighted by Crippen LogP contribution is -2.15. The zero-order valence-corrected chi connectivity index (χ0v) is 20.1. The third-order valence-electron chi connectivity index (χ3n) is 4.75. The van der Waals surface area contributed by atoms with Gasteiger partial charge in [-0.25, -0.2) is 0 Å². The van der Waals surface area contributed by atoms with E-state index in [1.165, 1.54) is 17.3 Å². The summed E-state index contributed by atoms with van der Waals surface area (Å²) in [5, 5.41) is 13.1. The van der Waals surface area contributed by atoms with Gasteiger partial charge in [0.05, 0.1) is 10.8 Å². The second-order valence-electron chi connectivity index (χ2n) is 7.06. The second kappa shape index (κ2) is 10.4. The molecule has 0 aliphatic rings. The van der Waals surface area contributed by atoms with E-state index in [4.69, 9.17) is 27.9 Å². The number of hydrogen-bond donors (Lipinski definition) is 1. The molecular formula is C22H24Cl2N4O2S. The van der Waals surface area contributed by atoms with Gasteiger partial charge in [0.1, 0.15) is 5.75 Å². The van der Waals surface area contributed by atoms with Crippen LogP contribution in [0.1, 0.15) is 36.9 Å². The van der Waals surface area contributed by atoms with Crippen molar-refractivity contribution in [3.8, 4) is 5.75 Å². The second-order valence-corrected chi connectivity index (χ2v) is 8.84. The van der Waals surface area contributed by atoms with Crippen LogP contribution in [0.5, 0.6) is 5.75 Å². The van der Waals surface area contributed by atoms with Crippen LogP contribution in [-0.4, -0.2) is 26.4 Å². The van der Waals surface area contributed by atoms with Crippen LogP contribution in [0.25, 0.3) is 0 Å². The molecule has 3 rings (SSSR count). The zero-order valence-electron chi connectivity index (χ0n) is 17.8. The van der Waals surface area contributed by atoms with Crippen LogP contribution in [0.15, 0.2) is 41.6 Å². The lowest BCUT2D eigenvalue weighted by Gasteiger charge is -2.16. The maximum absolute atomic E-state index is 12.4. The van der Waals surface area contributed by atoms with Gasteiger partial charge in [-0.2, -0.15) is 0 Å². The number of aryl methyl sites for hydroxylation is 2. The van der Waals surface area contributed by atoms with Crippen LogP contribution in [0.3, 0.4) is 0 Å². The fourth-order valence-corrected chi connectivity index (χ4v) is 4.23. The topological polar surface area (TPSA) is 69.0 Å². The van der Waals surface area contributed by atoms with E-state index in [0.29, 0.717) is 33.3 Å². The van der Waals surface area contributed by atoms with Crippen LogP contribution in [0, 0.1) is 13.8 Å². The van der Waals surface area contributed by atoms with Crippen molar-refractivity contribution in [1.29, 1.82) is 0 Å². The Labute approximate surface area is 196 Å². The van der Waals surface area contributed by atoms with Gasteiger partial charge in [0.2, 0.25) is 5.91 Å². The molecule has 1 N–H and O–H groups in total. The summed E-state index contributed by atoms with van der Waals surface area (Å²) in [4.78, 5) is 12.4.